The first-order chi connectivity index (χ1) is 8.81. The van der Waals surface area contributed by atoms with Crippen molar-refractivity contribution in [1.82, 2.24) is 4.90 Å². The fourth-order valence-electron chi connectivity index (χ4n) is 2.44. The summed E-state index contributed by atoms with van der Waals surface area (Å²) in [6, 6.07) is 13.2. The molecule has 0 fully saturated rings. The van der Waals surface area contributed by atoms with Crippen LogP contribution in [0.25, 0.3) is 0 Å². The standard InChI is InChI=1S/C15H17NS2/c1-16(10-13-6-4-8-17-13)11-14-9-12-5-2-3-7-15(12)18-14/h2-8,14H,9-11H2,1H3. The molecular weight excluding hydrogens is 258 g/mol. The zero-order valence-electron chi connectivity index (χ0n) is 10.5. The van der Waals surface area contributed by atoms with Crippen LogP contribution in [-0.2, 0) is 13.0 Å². The number of thiophene rings is 1. The lowest BCUT2D eigenvalue weighted by molar-refractivity contribution is 0.330. The van der Waals surface area contributed by atoms with Crippen molar-refractivity contribution in [1.29, 1.82) is 0 Å². The lowest BCUT2D eigenvalue weighted by atomic mass is 10.1. The van der Waals surface area contributed by atoms with E-state index in [1.165, 1.54) is 21.8 Å². The van der Waals surface area contributed by atoms with Crippen LogP contribution in [0.4, 0.5) is 0 Å². The molecule has 0 spiro atoms. The van der Waals surface area contributed by atoms with Crippen molar-refractivity contribution in [2.75, 3.05) is 13.6 Å². The first-order valence-electron chi connectivity index (χ1n) is 6.27. The molecule has 0 radical (unpaired) electrons. The summed E-state index contributed by atoms with van der Waals surface area (Å²) < 4.78 is 0. The average molecular weight is 275 g/mol. The second-order valence-corrected chi connectivity index (χ2v) is 7.20. The van der Waals surface area contributed by atoms with Gasteiger partial charge in [-0.25, -0.2) is 0 Å². The Morgan fingerprint density at radius 1 is 1.22 bits per heavy atom. The fourth-order valence-corrected chi connectivity index (χ4v) is 4.63. The minimum atomic E-state index is 0.715. The molecule has 1 aromatic heterocycles. The van der Waals surface area contributed by atoms with Crippen LogP contribution in [0.5, 0.6) is 0 Å². The van der Waals surface area contributed by atoms with E-state index in [2.05, 4.69) is 53.7 Å². The van der Waals surface area contributed by atoms with Gasteiger partial charge in [0.2, 0.25) is 0 Å². The maximum atomic E-state index is 2.44. The predicted octanol–water partition coefficient (Wildman–Crippen LogP) is 3.90. The van der Waals surface area contributed by atoms with Crippen molar-refractivity contribution in [2.24, 2.45) is 0 Å². The zero-order valence-corrected chi connectivity index (χ0v) is 12.1. The molecule has 94 valence electrons. The summed E-state index contributed by atoms with van der Waals surface area (Å²) >= 11 is 3.89. The van der Waals surface area contributed by atoms with Crippen molar-refractivity contribution < 1.29 is 0 Å². The van der Waals surface area contributed by atoms with Crippen molar-refractivity contribution in [3.05, 3.63) is 52.2 Å². The van der Waals surface area contributed by atoms with Crippen LogP contribution in [0.1, 0.15) is 10.4 Å². The monoisotopic (exact) mass is 275 g/mol. The Morgan fingerprint density at radius 3 is 2.89 bits per heavy atom. The van der Waals surface area contributed by atoms with E-state index >= 15 is 0 Å². The van der Waals surface area contributed by atoms with E-state index < -0.39 is 0 Å². The molecule has 1 unspecified atom stereocenters. The van der Waals surface area contributed by atoms with Gasteiger partial charge in [-0.1, -0.05) is 24.3 Å². The normalized spacial score (nSPS) is 18.2. The molecule has 1 nitrogen and oxygen atoms in total. The molecule has 2 heterocycles. The van der Waals surface area contributed by atoms with Gasteiger partial charge in [0.1, 0.15) is 0 Å². The fraction of sp³-hybridized carbons (Fsp3) is 0.333. The molecule has 0 N–H and O–H groups in total. The molecule has 18 heavy (non-hydrogen) atoms. The van der Waals surface area contributed by atoms with Gasteiger partial charge >= 0.3 is 0 Å². The smallest absolute Gasteiger partial charge is 0.0325 e. The average Bonchev–Trinajstić information content (AvgIpc) is 2.96. The minimum Gasteiger partial charge on any atom is -0.300 e. The molecule has 2 aromatic rings. The van der Waals surface area contributed by atoms with Crippen LogP contribution in [0.2, 0.25) is 0 Å². The summed E-state index contributed by atoms with van der Waals surface area (Å²) in [7, 11) is 2.23. The maximum Gasteiger partial charge on any atom is 0.0325 e. The lowest BCUT2D eigenvalue weighted by Crippen LogP contribution is -2.26. The lowest BCUT2D eigenvalue weighted by Gasteiger charge is -2.19. The second kappa shape index (κ2) is 5.47. The molecule has 1 aromatic carbocycles. The quantitative estimate of drug-likeness (QED) is 0.832. The maximum absolute atomic E-state index is 2.44. The van der Waals surface area contributed by atoms with Gasteiger partial charge in [0.05, 0.1) is 0 Å². The summed E-state index contributed by atoms with van der Waals surface area (Å²) in [5.41, 5.74) is 1.53. The van der Waals surface area contributed by atoms with E-state index in [0.29, 0.717) is 5.25 Å². The number of thioether (sulfide) groups is 1. The second-order valence-electron chi connectivity index (χ2n) is 4.83. The zero-order chi connectivity index (χ0) is 12.4. The van der Waals surface area contributed by atoms with E-state index in [1.54, 1.807) is 0 Å². The molecule has 0 saturated carbocycles. The summed E-state index contributed by atoms with van der Waals surface area (Å²) in [6.07, 6.45) is 1.22. The summed E-state index contributed by atoms with van der Waals surface area (Å²) in [4.78, 5) is 5.38. The largest absolute Gasteiger partial charge is 0.300 e. The van der Waals surface area contributed by atoms with Gasteiger partial charge in [-0.2, -0.15) is 0 Å². The van der Waals surface area contributed by atoms with Crippen LogP contribution in [0.3, 0.4) is 0 Å². The molecular formula is C15H17NS2. The highest BCUT2D eigenvalue weighted by Gasteiger charge is 2.22. The highest BCUT2D eigenvalue weighted by Crippen LogP contribution is 2.37. The molecule has 0 bridgehead atoms. The highest BCUT2D eigenvalue weighted by atomic mass is 32.2. The molecule has 1 atom stereocenters. The Hall–Kier alpha value is -0.770. The molecule has 0 amide bonds. The third kappa shape index (κ3) is 2.79. The molecule has 0 aliphatic carbocycles. The van der Waals surface area contributed by atoms with Crippen LogP contribution < -0.4 is 0 Å². The number of benzene rings is 1. The molecule has 3 rings (SSSR count). The number of rotatable bonds is 4. The van der Waals surface area contributed by atoms with Gasteiger partial charge in [-0.15, -0.1) is 23.1 Å². The van der Waals surface area contributed by atoms with Crippen molar-refractivity contribution in [2.45, 2.75) is 23.1 Å². The van der Waals surface area contributed by atoms with Crippen LogP contribution in [0.15, 0.2) is 46.7 Å². The number of nitrogens with zero attached hydrogens (tertiary/aromatic N) is 1. The van der Waals surface area contributed by atoms with Gasteiger partial charge in [0.15, 0.2) is 0 Å². The van der Waals surface area contributed by atoms with Crippen molar-refractivity contribution in [3.63, 3.8) is 0 Å². The topological polar surface area (TPSA) is 3.24 Å². The molecule has 1 aliphatic rings. The third-order valence-electron chi connectivity index (χ3n) is 3.23. The van der Waals surface area contributed by atoms with E-state index in [4.69, 9.17) is 0 Å². The first kappa shape index (κ1) is 12.3. The van der Waals surface area contributed by atoms with E-state index in [1.807, 2.05) is 23.1 Å². The van der Waals surface area contributed by atoms with Gasteiger partial charge in [0.25, 0.3) is 0 Å². The Labute approximate surface area is 117 Å². The minimum absolute atomic E-state index is 0.715. The number of hydrogen-bond donors (Lipinski definition) is 0. The first-order valence-corrected chi connectivity index (χ1v) is 8.02. The summed E-state index contributed by atoms with van der Waals surface area (Å²) in [5.74, 6) is 0. The van der Waals surface area contributed by atoms with Crippen LogP contribution >= 0.6 is 23.1 Å². The Morgan fingerprint density at radius 2 is 2.11 bits per heavy atom. The van der Waals surface area contributed by atoms with Gasteiger partial charge in [-0.3, -0.25) is 0 Å². The predicted molar refractivity (Wildman–Crippen MR) is 80.4 cm³/mol. The Bertz CT molecular complexity index is 482. The Kier molecular flexibility index (Phi) is 3.73. The van der Waals surface area contributed by atoms with E-state index in [0.717, 1.165) is 13.1 Å². The van der Waals surface area contributed by atoms with Crippen LogP contribution in [0, 0.1) is 0 Å². The highest BCUT2D eigenvalue weighted by molar-refractivity contribution is 8.00. The van der Waals surface area contributed by atoms with Gasteiger partial charge in [0, 0.05) is 28.1 Å². The summed E-state index contributed by atoms with van der Waals surface area (Å²) in [5, 5.41) is 2.87. The molecule has 3 heteroatoms. The SMILES string of the molecule is CN(Cc1cccs1)CC1Cc2ccccc2S1. The van der Waals surface area contributed by atoms with Gasteiger partial charge in [-0.05, 0) is 36.5 Å². The van der Waals surface area contributed by atoms with Crippen molar-refractivity contribution >= 4 is 23.1 Å². The van der Waals surface area contributed by atoms with Gasteiger partial charge < -0.3 is 4.90 Å². The molecule has 0 saturated heterocycles. The van der Waals surface area contributed by atoms with E-state index in [-0.39, 0.29) is 0 Å². The summed E-state index contributed by atoms with van der Waals surface area (Å²) in [6.45, 7) is 2.24. The Balaban J connectivity index is 1.56. The molecule has 1 aliphatic heterocycles. The van der Waals surface area contributed by atoms with Crippen LogP contribution in [-0.4, -0.2) is 23.7 Å². The third-order valence-corrected chi connectivity index (χ3v) is 5.40. The number of hydrogen-bond acceptors (Lipinski definition) is 3. The van der Waals surface area contributed by atoms with Crippen molar-refractivity contribution in [3.8, 4) is 0 Å². The number of fused-ring (bicyclic) bond motifs is 1. The van der Waals surface area contributed by atoms with E-state index in [9.17, 15) is 0 Å².